The molecule has 206 valence electrons. The van der Waals surface area contributed by atoms with Crippen LogP contribution in [0, 0.1) is 12.3 Å². The molecule has 1 aliphatic heterocycles. The Bertz CT molecular complexity index is 1480. The highest BCUT2D eigenvalue weighted by Crippen LogP contribution is 2.42. The molecule has 1 aliphatic rings. The molecule has 0 bridgehead atoms. The Morgan fingerprint density at radius 3 is 2.59 bits per heavy atom. The van der Waals surface area contributed by atoms with Crippen molar-refractivity contribution in [2.75, 3.05) is 6.54 Å². The molecule has 1 unspecified atom stereocenters. The van der Waals surface area contributed by atoms with Crippen molar-refractivity contribution in [2.45, 2.75) is 59.2 Å². The van der Waals surface area contributed by atoms with Gasteiger partial charge < -0.3 is 16.0 Å². The van der Waals surface area contributed by atoms with Crippen LogP contribution in [0.15, 0.2) is 60.7 Å². The van der Waals surface area contributed by atoms with E-state index < -0.39 is 11.4 Å². The topological polar surface area (TPSA) is 115 Å². The number of aryl methyl sites for hydroxylation is 2. The maximum Gasteiger partial charge on any atom is 0.310 e. The molecule has 1 aromatic heterocycles. The van der Waals surface area contributed by atoms with Gasteiger partial charge in [0.1, 0.15) is 17.4 Å². The number of carbonyl (C=O) groups is 1. The zero-order valence-electron chi connectivity index (χ0n) is 23.5. The highest BCUT2D eigenvalue weighted by atomic mass is 16.5. The standard InChI is InChI=1S/C31H36N4O3.H3N/c1-6-25-19-35(17-23-9-7-8-10-28(23)38-25)18-24-15-21(12-11-20(24)2)29(31(3,4)30(36)37)22-13-14-27-26(16-22)32-33-34(27)5;/h7-16,25,29H,6,17-19H2,1-5H3,(H,36,37);1H3/t25-,29?;/m1./s1. The summed E-state index contributed by atoms with van der Waals surface area (Å²) in [6.45, 7) is 10.3. The number of hydrogen-bond donors (Lipinski definition) is 2. The number of ether oxygens (including phenoxy) is 1. The van der Waals surface area contributed by atoms with Gasteiger partial charge in [0.05, 0.1) is 10.9 Å². The minimum Gasteiger partial charge on any atom is -0.489 e. The van der Waals surface area contributed by atoms with E-state index in [-0.39, 0.29) is 18.2 Å². The Morgan fingerprint density at radius 1 is 1.13 bits per heavy atom. The van der Waals surface area contributed by atoms with Crippen molar-refractivity contribution in [3.05, 3.63) is 88.5 Å². The van der Waals surface area contributed by atoms with Gasteiger partial charge in [0, 0.05) is 38.2 Å². The molecule has 2 heterocycles. The van der Waals surface area contributed by atoms with Crippen molar-refractivity contribution >= 4 is 17.0 Å². The highest BCUT2D eigenvalue weighted by molar-refractivity contribution is 5.79. The number of hydrogen-bond acceptors (Lipinski definition) is 6. The number of aromatic nitrogens is 3. The van der Waals surface area contributed by atoms with Crippen LogP contribution in [-0.4, -0.2) is 43.6 Å². The van der Waals surface area contributed by atoms with Crippen LogP contribution in [0.3, 0.4) is 0 Å². The van der Waals surface area contributed by atoms with Gasteiger partial charge in [-0.1, -0.05) is 54.6 Å². The predicted molar refractivity (Wildman–Crippen MR) is 153 cm³/mol. The molecule has 4 aromatic rings. The van der Waals surface area contributed by atoms with Crippen molar-refractivity contribution in [1.29, 1.82) is 0 Å². The summed E-state index contributed by atoms with van der Waals surface area (Å²) in [5, 5.41) is 18.7. The monoisotopic (exact) mass is 529 g/mol. The Morgan fingerprint density at radius 2 is 1.85 bits per heavy atom. The zero-order valence-corrected chi connectivity index (χ0v) is 23.5. The molecule has 0 aliphatic carbocycles. The van der Waals surface area contributed by atoms with Gasteiger partial charge in [0.25, 0.3) is 0 Å². The summed E-state index contributed by atoms with van der Waals surface area (Å²) >= 11 is 0. The van der Waals surface area contributed by atoms with E-state index in [1.807, 2.05) is 31.3 Å². The van der Waals surface area contributed by atoms with Gasteiger partial charge in [-0.2, -0.15) is 0 Å². The fourth-order valence-corrected chi connectivity index (χ4v) is 5.56. The van der Waals surface area contributed by atoms with Crippen LogP contribution >= 0.6 is 0 Å². The van der Waals surface area contributed by atoms with Crippen molar-refractivity contribution in [1.82, 2.24) is 26.0 Å². The zero-order chi connectivity index (χ0) is 27.0. The summed E-state index contributed by atoms with van der Waals surface area (Å²) in [6, 6.07) is 20.6. The third-order valence-electron chi connectivity index (χ3n) is 7.92. The molecule has 0 fully saturated rings. The summed E-state index contributed by atoms with van der Waals surface area (Å²) in [5.41, 5.74) is 6.13. The molecule has 4 N–H and O–H groups in total. The van der Waals surface area contributed by atoms with E-state index in [9.17, 15) is 9.90 Å². The lowest BCUT2D eigenvalue weighted by atomic mass is 9.71. The summed E-state index contributed by atoms with van der Waals surface area (Å²) in [6.07, 6.45) is 1.06. The van der Waals surface area contributed by atoms with E-state index in [1.165, 1.54) is 16.7 Å². The van der Waals surface area contributed by atoms with Gasteiger partial charge >= 0.3 is 5.97 Å². The molecule has 3 aromatic carbocycles. The molecule has 2 atom stereocenters. The average Bonchev–Trinajstić information content (AvgIpc) is 3.15. The quantitative estimate of drug-likeness (QED) is 0.308. The van der Waals surface area contributed by atoms with Crippen LogP contribution < -0.4 is 10.9 Å². The van der Waals surface area contributed by atoms with Gasteiger partial charge in [0.15, 0.2) is 0 Å². The second-order valence-electron chi connectivity index (χ2n) is 11.0. The van der Waals surface area contributed by atoms with Crippen LogP contribution in [0.2, 0.25) is 0 Å². The predicted octanol–water partition coefficient (Wildman–Crippen LogP) is 5.85. The number of fused-ring (bicyclic) bond motifs is 2. The van der Waals surface area contributed by atoms with E-state index in [0.29, 0.717) is 0 Å². The third-order valence-corrected chi connectivity index (χ3v) is 7.92. The molecule has 0 radical (unpaired) electrons. The molecule has 5 rings (SSSR count). The minimum absolute atomic E-state index is 0. The minimum atomic E-state index is -1.04. The SMILES string of the molecule is CC[C@@H]1CN(Cc2cc(C(c3ccc4c(c3)nnn4C)C(C)(C)C(=O)O)ccc2C)Cc2ccccc2O1.N. The van der Waals surface area contributed by atoms with Crippen molar-refractivity contribution in [3.63, 3.8) is 0 Å². The smallest absolute Gasteiger partial charge is 0.310 e. The van der Waals surface area contributed by atoms with E-state index in [0.717, 1.165) is 54.0 Å². The number of para-hydroxylation sites is 1. The van der Waals surface area contributed by atoms with E-state index in [4.69, 9.17) is 4.74 Å². The molecule has 39 heavy (non-hydrogen) atoms. The summed E-state index contributed by atoms with van der Waals surface area (Å²) in [5.74, 6) is -0.228. The summed E-state index contributed by atoms with van der Waals surface area (Å²) in [4.78, 5) is 15.0. The fraction of sp³-hybridized carbons (Fsp3) is 0.387. The van der Waals surface area contributed by atoms with E-state index in [2.05, 4.69) is 65.5 Å². The Labute approximate surface area is 230 Å². The fourth-order valence-electron chi connectivity index (χ4n) is 5.56. The van der Waals surface area contributed by atoms with Gasteiger partial charge in [-0.25, -0.2) is 4.68 Å². The lowest BCUT2D eigenvalue weighted by Gasteiger charge is -2.32. The van der Waals surface area contributed by atoms with Gasteiger partial charge in [-0.3, -0.25) is 9.69 Å². The molecule has 8 nitrogen and oxygen atoms in total. The molecule has 8 heteroatoms. The first-order chi connectivity index (χ1) is 18.2. The van der Waals surface area contributed by atoms with E-state index >= 15 is 0 Å². The van der Waals surface area contributed by atoms with Gasteiger partial charge in [0.2, 0.25) is 0 Å². The largest absolute Gasteiger partial charge is 0.489 e. The van der Waals surface area contributed by atoms with Gasteiger partial charge in [-0.05, 0) is 67.6 Å². The van der Waals surface area contributed by atoms with Crippen LogP contribution in [-0.2, 0) is 24.9 Å². The lowest BCUT2D eigenvalue weighted by Crippen LogP contribution is -2.33. The summed E-state index contributed by atoms with van der Waals surface area (Å²) in [7, 11) is 1.86. The first-order valence-corrected chi connectivity index (χ1v) is 13.3. The van der Waals surface area contributed by atoms with Gasteiger partial charge in [-0.15, -0.1) is 5.10 Å². The number of rotatable bonds is 7. The van der Waals surface area contributed by atoms with Crippen LogP contribution in [0.25, 0.3) is 11.0 Å². The van der Waals surface area contributed by atoms with E-state index in [1.54, 1.807) is 18.5 Å². The Kier molecular flexibility index (Phi) is 8.09. The first-order valence-electron chi connectivity index (χ1n) is 13.3. The summed E-state index contributed by atoms with van der Waals surface area (Å²) < 4.78 is 8.04. The molecule has 0 amide bonds. The number of nitrogens with zero attached hydrogens (tertiary/aromatic N) is 4. The van der Waals surface area contributed by atoms with Crippen molar-refractivity contribution in [3.8, 4) is 5.75 Å². The first kappa shape index (κ1) is 28.3. The maximum atomic E-state index is 12.5. The lowest BCUT2D eigenvalue weighted by molar-refractivity contribution is -0.147. The van der Waals surface area contributed by atoms with Crippen LogP contribution in [0.1, 0.15) is 60.9 Å². The maximum absolute atomic E-state index is 12.5. The van der Waals surface area contributed by atoms with Crippen LogP contribution in [0.5, 0.6) is 5.75 Å². The molecule has 0 saturated heterocycles. The molecular formula is C31H39N5O3. The van der Waals surface area contributed by atoms with Crippen molar-refractivity contribution in [2.24, 2.45) is 12.5 Å². The third kappa shape index (κ3) is 5.53. The molecule has 0 spiro atoms. The van der Waals surface area contributed by atoms with Crippen molar-refractivity contribution < 1.29 is 14.6 Å². The van der Waals surface area contributed by atoms with Crippen LogP contribution in [0.4, 0.5) is 0 Å². The Balaban J connectivity index is 0.00000353. The normalized spacial score (nSPS) is 16.6. The number of carboxylic acid groups (broad SMARTS) is 1. The highest BCUT2D eigenvalue weighted by Gasteiger charge is 2.39. The second-order valence-corrected chi connectivity index (χ2v) is 11.0. The average molecular weight is 530 g/mol. The second kappa shape index (κ2) is 11.2. The number of carboxylic acids is 1. The number of aliphatic carboxylic acids is 1. The molecule has 0 saturated carbocycles. The Hall–Kier alpha value is -3.75. The number of benzene rings is 3. The molecular weight excluding hydrogens is 490 g/mol.